The summed E-state index contributed by atoms with van der Waals surface area (Å²) < 4.78 is 12.6. The SMILES string of the molecule is C[C@]12CCC(=O)C=C1C[C@@H](N)C1C3CC[C@@]4(CCC(=O)O4)[C@@]3(C)C[C@@H]3OC132. The lowest BCUT2D eigenvalue weighted by atomic mass is 9.45. The summed E-state index contributed by atoms with van der Waals surface area (Å²) in [7, 11) is 0. The molecule has 0 aromatic carbocycles. The molecule has 0 aromatic heterocycles. The molecule has 2 heterocycles. The van der Waals surface area contributed by atoms with Crippen molar-refractivity contribution >= 4 is 11.8 Å². The zero-order valence-electron chi connectivity index (χ0n) is 16.3. The van der Waals surface area contributed by atoms with Crippen LogP contribution in [-0.2, 0) is 19.1 Å². The van der Waals surface area contributed by atoms with Crippen LogP contribution in [0.2, 0.25) is 0 Å². The molecule has 5 nitrogen and oxygen atoms in total. The molecule has 0 radical (unpaired) electrons. The second kappa shape index (κ2) is 4.68. The van der Waals surface area contributed by atoms with E-state index >= 15 is 0 Å². The van der Waals surface area contributed by atoms with Crippen LogP contribution in [0.3, 0.4) is 0 Å². The van der Waals surface area contributed by atoms with Gasteiger partial charge in [-0.05, 0) is 50.5 Å². The molecule has 5 heteroatoms. The minimum atomic E-state index is -0.313. The van der Waals surface area contributed by atoms with Crippen LogP contribution in [0.15, 0.2) is 11.6 Å². The Hall–Kier alpha value is -1.20. The summed E-state index contributed by atoms with van der Waals surface area (Å²) in [5.41, 5.74) is 7.37. The number of nitrogens with two attached hydrogens (primary N) is 1. The van der Waals surface area contributed by atoms with E-state index in [1.54, 1.807) is 0 Å². The summed E-state index contributed by atoms with van der Waals surface area (Å²) in [4.78, 5) is 24.1. The van der Waals surface area contributed by atoms with Crippen LogP contribution < -0.4 is 5.73 Å². The molecule has 2 aliphatic heterocycles. The molecule has 2 N–H and O–H groups in total. The molecule has 5 fully saturated rings. The van der Waals surface area contributed by atoms with Crippen molar-refractivity contribution in [3.8, 4) is 0 Å². The number of hydrogen-bond acceptors (Lipinski definition) is 5. The second-order valence-electron chi connectivity index (χ2n) is 10.5. The minimum Gasteiger partial charge on any atom is -0.458 e. The largest absolute Gasteiger partial charge is 0.458 e. The van der Waals surface area contributed by atoms with E-state index in [0.29, 0.717) is 18.8 Å². The average molecular weight is 371 g/mol. The number of ether oxygens (including phenoxy) is 2. The summed E-state index contributed by atoms with van der Waals surface area (Å²) in [6, 6.07) is 0.0112. The molecule has 0 aromatic rings. The van der Waals surface area contributed by atoms with Gasteiger partial charge in [0.05, 0.1) is 6.10 Å². The summed E-state index contributed by atoms with van der Waals surface area (Å²) in [5.74, 6) is 0.907. The van der Waals surface area contributed by atoms with Crippen molar-refractivity contribution in [1.82, 2.24) is 0 Å². The first-order valence-electron chi connectivity index (χ1n) is 10.6. The molecule has 2 saturated heterocycles. The Balaban J connectivity index is 1.45. The maximum atomic E-state index is 12.1. The lowest BCUT2D eigenvalue weighted by molar-refractivity contribution is -0.164. The highest BCUT2D eigenvalue weighted by molar-refractivity contribution is 5.92. The normalized spacial score (nSPS) is 58.1. The Labute approximate surface area is 160 Å². The van der Waals surface area contributed by atoms with E-state index in [0.717, 1.165) is 38.5 Å². The molecular weight excluding hydrogens is 342 g/mol. The number of fused-ring (bicyclic) bond motifs is 4. The fourth-order valence-corrected chi connectivity index (χ4v) is 8.36. The van der Waals surface area contributed by atoms with Gasteiger partial charge >= 0.3 is 5.97 Å². The van der Waals surface area contributed by atoms with Gasteiger partial charge in [0.2, 0.25) is 0 Å². The molecule has 0 amide bonds. The standard InChI is InChI=1S/C22H29NO4/c1-19-6-3-13(24)9-12(19)10-15(23)18-14-4-7-21(8-5-17(25)27-21)20(14,2)11-16-22(18,19)26-16/h9,14-16,18H,3-8,10-11,23H2,1-2H3/t14?,15-,16+,18?,19+,20+,21-,22?/m1/s1. The van der Waals surface area contributed by atoms with Crippen molar-refractivity contribution in [2.24, 2.45) is 28.4 Å². The van der Waals surface area contributed by atoms with E-state index in [-0.39, 0.29) is 51.8 Å². The third-order valence-corrected chi connectivity index (χ3v) is 9.75. The molecule has 0 bridgehead atoms. The van der Waals surface area contributed by atoms with Crippen LogP contribution in [0.4, 0.5) is 0 Å². The Morgan fingerprint density at radius 1 is 1.15 bits per heavy atom. The van der Waals surface area contributed by atoms with Crippen molar-refractivity contribution in [3.05, 3.63) is 11.6 Å². The monoisotopic (exact) mass is 371 g/mol. The molecule has 2 spiro atoms. The van der Waals surface area contributed by atoms with Gasteiger partial charge in [0, 0.05) is 35.6 Å². The third kappa shape index (κ3) is 1.67. The topological polar surface area (TPSA) is 81.9 Å². The van der Waals surface area contributed by atoms with Gasteiger partial charge in [-0.25, -0.2) is 0 Å². The predicted molar refractivity (Wildman–Crippen MR) is 97.6 cm³/mol. The number of carbonyl (C=O) groups is 2. The molecule has 6 aliphatic rings. The Kier molecular flexibility index (Phi) is 2.90. The molecular formula is C22H29NO4. The van der Waals surface area contributed by atoms with Crippen molar-refractivity contribution in [2.75, 3.05) is 0 Å². The van der Waals surface area contributed by atoms with Gasteiger partial charge in [-0.15, -0.1) is 0 Å². The average Bonchev–Trinajstić information content (AvgIpc) is 3.09. The molecule has 3 unspecified atom stereocenters. The molecule has 6 rings (SSSR count). The number of esters is 1. The predicted octanol–water partition coefficient (Wildman–Crippen LogP) is 2.66. The Morgan fingerprint density at radius 3 is 2.70 bits per heavy atom. The maximum Gasteiger partial charge on any atom is 0.306 e. The number of hydrogen-bond donors (Lipinski definition) is 1. The lowest BCUT2D eigenvalue weighted by Gasteiger charge is -2.58. The van der Waals surface area contributed by atoms with E-state index in [4.69, 9.17) is 15.2 Å². The van der Waals surface area contributed by atoms with E-state index in [1.165, 1.54) is 5.57 Å². The quantitative estimate of drug-likeness (QED) is 0.523. The number of epoxide rings is 1. The molecule has 146 valence electrons. The van der Waals surface area contributed by atoms with Crippen molar-refractivity contribution in [2.45, 2.75) is 88.6 Å². The van der Waals surface area contributed by atoms with Crippen molar-refractivity contribution in [3.63, 3.8) is 0 Å². The first-order chi connectivity index (χ1) is 12.8. The third-order valence-electron chi connectivity index (χ3n) is 9.75. The van der Waals surface area contributed by atoms with E-state index < -0.39 is 0 Å². The van der Waals surface area contributed by atoms with Crippen LogP contribution in [0.25, 0.3) is 0 Å². The molecule has 27 heavy (non-hydrogen) atoms. The van der Waals surface area contributed by atoms with Gasteiger partial charge in [0.1, 0.15) is 11.2 Å². The number of rotatable bonds is 0. The van der Waals surface area contributed by atoms with Gasteiger partial charge in [0.25, 0.3) is 0 Å². The van der Waals surface area contributed by atoms with Crippen LogP contribution >= 0.6 is 0 Å². The zero-order chi connectivity index (χ0) is 18.8. The van der Waals surface area contributed by atoms with Crippen LogP contribution in [-0.4, -0.2) is 35.1 Å². The molecule has 4 aliphatic carbocycles. The van der Waals surface area contributed by atoms with Gasteiger partial charge in [-0.2, -0.15) is 0 Å². The summed E-state index contributed by atoms with van der Waals surface area (Å²) in [6.45, 7) is 4.65. The summed E-state index contributed by atoms with van der Waals surface area (Å²) in [5, 5.41) is 0. The fourth-order valence-electron chi connectivity index (χ4n) is 8.36. The highest BCUT2D eigenvalue weighted by Crippen LogP contribution is 2.77. The van der Waals surface area contributed by atoms with Gasteiger partial charge in [-0.3, -0.25) is 9.59 Å². The first kappa shape index (κ1) is 16.7. The highest BCUT2D eigenvalue weighted by Gasteiger charge is 2.82. The van der Waals surface area contributed by atoms with E-state index in [2.05, 4.69) is 13.8 Å². The molecule has 3 saturated carbocycles. The fraction of sp³-hybridized carbons (Fsp3) is 0.818. The van der Waals surface area contributed by atoms with Crippen molar-refractivity contribution in [1.29, 1.82) is 0 Å². The lowest BCUT2D eigenvalue weighted by Crippen LogP contribution is -2.65. The van der Waals surface area contributed by atoms with Gasteiger partial charge < -0.3 is 15.2 Å². The van der Waals surface area contributed by atoms with Crippen LogP contribution in [0.5, 0.6) is 0 Å². The van der Waals surface area contributed by atoms with Gasteiger partial charge in [0.15, 0.2) is 5.78 Å². The van der Waals surface area contributed by atoms with E-state index in [9.17, 15) is 9.59 Å². The second-order valence-corrected chi connectivity index (χ2v) is 10.5. The Morgan fingerprint density at radius 2 is 1.96 bits per heavy atom. The smallest absolute Gasteiger partial charge is 0.306 e. The van der Waals surface area contributed by atoms with Crippen LogP contribution in [0, 0.1) is 22.7 Å². The van der Waals surface area contributed by atoms with Gasteiger partial charge in [-0.1, -0.05) is 19.4 Å². The first-order valence-corrected chi connectivity index (χ1v) is 10.6. The van der Waals surface area contributed by atoms with Crippen molar-refractivity contribution < 1.29 is 19.1 Å². The van der Waals surface area contributed by atoms with Crippen LogP contribution in [0.1, 0.15) is 65.2 Å². The maximum absolute atomic E-state index is 12.1. The number of ketones is 1. The Bertz CT molecular complexity index is 806. The zero-order valence-corrected chi connectivity index (χ0v) is 16.3. The highest BCUT2D eigenvalue weighted by atomic mass is 16.6. The molecule has 8 atom stereocenters. The minimum absolute atomic E-state index is 0.0112. The van der Waals surface area contributed by atoms with E-state index in [1.807, 2.05) is 6.08 Å². The number of carbonyl (C=O) groups excluding carboxylic acids is 2. The summed E-state index contributed by atoms with van der Waals surface area (Å²) >= 11 is 0. The summed E-state index contributed by atoms with van der Waals surface area (Å²) in [6.07, 6.45) is 8.69.